The lowest BCUT2D eigenvalue weighted by Gasteiger charge is -2.21. The van der Waals surface area contributed by atoms with Crippen LogP contribution in [-0.2, 0) is 4.79 Å². The van der Waals surface area contributed by atoms with Crippen molar-refractivity contribution < 1.29 is 14.3 Å². The van der Waals surface area contributed by atoms with Crippen LogP contribution < -0.4 is 25.6 Å². The summed E-state index contributed by atoms with van der Waals surface area (Å²) in [6.07, 6.45) is 5.20. The van der Waals surface area contributed by atoms with Crippen molar-refractivity contribution in [3.63, 3.8) is 0 Å². The van der Waals surface area contributed by atoms with E-state index in [9.17, 15) is 9.59 Å². The lowest BCUT2D eigenvalue weighted by atomic mass is 10.2. The highest BCUT2D eigenvalue weighted by Gasteiger charge is 2.26. The molecular formula is C22H24N8O3. The van der Waals surface area contributed by atoms with Gasteiger partial charge in [0.15, 0.2) is 5.65 Å². The normalized spacial score (nSPS) is 16.7. The average molecular weight is 448 g/mol. The Morgan fingerprint density at radius 3 is 2.73 bits per heavy atom. The van der Waals surface area contributed by atoms with Crippen molar-refractivity contribution >= 4 is 35.3 Å². The number of amides is 3. The smallest absolute Gasteiger partial charge is 0.327 e. The van der Waals surface area contributed by atoms with Gasteiger partial charge >= 0.3 is 12.0 Å². The Bertz CT molecular complexity index is 1260. The fourth-order valence-electron chi connectivity index (χ4n) is 3.60. The van der Waals surface area contributed by atoms with Crippen LogP contribution in [0, 0.1) is 0 Å². The third-order valence-corrected chi connectivity index (χ3v) is 5.46. The highest BCUT2D eigenvalue weighted by Crippen LogP contribution is 2.29. The van der Waals surface area contributed by atoms with E-state index >= 15 is 0 Å². The standard InChI is InChI=1S/C22H24N8O3/c1-3-29(4-2)15-6-5-7-16(11-15)33-22-26-18-13(10-17-19(31)27-21(32)25-17)12-23-30(18)20(28-22)24-14-8-9-14/h5-7,10-12,14H,3-4,8-9H2,1-2H3,(H,24,26,28)(H2,25,27,31,32)/b17-10-. The van der Waals surface area contributed by atoms with Crippen LogP contribution in [0.5, 0.6) is 11.8 Å². The molecule has 1 aliphatic carbocycles. The summed E-state index contributed by atoms with van der Waals surface area (Å²) >= 11 is 0. The zero-order valence-corrected chi connectivity index (χ0v) is 18.3. The Hall–Kier alpha value is -4.15. The van der Waals surface area contributed by atoms with E-state index in [0.29, 0.717) is 29.0 Å². The number of nitrogens with zero attached hydrogens (tertiary/aromatic N) is 5. The maximum atomic E-state index is 11.9. The molecule has 2 aromatic heterocycles. The van der Waals surface area contributed by atoms with Crippen molar-refractivity contribution in [1.82, 2.24) is 30.2 Å². The molecule has 11 nitrogen and oxygen atoms in total. The van der Waals surface area contributed by atoms with Gasteiger partial charge in [0.1, 0.15) is 11.4 Å². The third kappa shape index (κ3) is 4.29. The van der Waals surface area contributed by atoms with Gasteiger partial charge in [0, 0.05) is 36.4 Å². The summed E-state index contributed by atoms with van der Waals surface area (Å²) in [5.41, 5.74) is 2.17. The number of hydrogen-bond acceptors (Lipinski definition) is 8. The van der Waals surface area contributed by atoms with E-state index < -0.39 is 11.9 Å². The summed E-state index contributed by atoms with van der Waals surface area (Å²) in [5, 5.41) is 12.4. The largest absolute Gasteiger partial charge is 0.424 e. The molecule has 1 aliphatic heterocycles. The number of carbonyl (C=O) groups is 2. The molecule has 5 rings (SSSR count). The Balaban J connectivity index is 1.52. The number of aromatic nitrogens is 4. The molecule has 170 valence electrons. The number of anilines is 2. The molecule has 11 heteroatoms. The summed E-state index contributed by atoms with van der Waals surface area (Å²) < 4.78 is 7.61. The Kier molecular flexibility index (Phi) is 5.29. The molecule has 0 unspecified atom stereocenters. The molecule has 3 heterocycles. The highest BCUT2D eigenvalue weighted by atomic mass is 16.5. The Morgan fingerprint density at radius 1 is 1.21 bits per heavy atom. The van der Waals surface area contributed by atoms with Crippen molar-refractivity contribution in [1.29, 1.82) is 0 Å². The van der Waals surface area contributed by atoms with Crippen LogP contribution in [0.25, 0.3) is 11.7 Å². The van der Waals surface area contributed by atoms with E-state index in [1.807, 2.05) is 24.3 Å². The maximum absolute atomic E-state index is 11.9. The van der Waals surface area contributed by atoms with Crippen molar-refractivity contribution in [2.24, 2.45) is 0 Å². The first kappa shape index (κ1) is 20.7. The molecule has 0 radical (unpaired) electrons. The van der Waals surface area contributed by atoms with Crippen LogP contribution in [0.1, 0.15) is 32.3 Å². The van der Waals surface area contributed by atoms with E-state index in [4.69, 9.17) is 4.74 Å². The van der Waals surface area contributed by atoms with E-state index in [0.717, 1.165) is 31.6 Å². The minimum absolute atomic E-state index is 0.125. The van der Waals surface area contributed by atoms with Gasteiger partial charge in [-0.2, -0.15) is 19.6 Å². The molecule has 3 aromatic rings. The molecule has 1 saturated heterocycles. The van der Waals surface area contributed by atoms with Crippen molar-refractivity contribution in [2.45, 2.75) is 32.7 Å². The van der Waals surface area contributed by atoms with Crippen LogP contribution in [-0.4, -0.2) is 50.7 Å². The van der Waals surface area contributed by atoms with E-state index in [1.165, 1.54) is 6.08 Å². The van der Waals surface area contributed by atoms with Crippen LogP contribution in [0.3, 0.4) is 0 Å². The molecule has 0 bridgehead atoms. The second-order valence-corrected chi connectivity index (χ2v) is 7.82. The monoisotopic (exact) mass is 448 g/mol. The predicted octanol–water partition coefficient (Wildman–Crippen LogP) is 2.52. The fraction of sp³-hybridized carbons (Fsp3) is 0.318. The highest BCUT2D eigenvalue weighted by molar-refractivity contribution is 6.14. The van der Waals surface area contributed by atoms with E-state index in [-0.39, 0.29) is 11.7 Å². The van der Waals surface area contributed by atoms with Gasteiger partial charge in [-0.15, -0.1) is 0 Å². The zero-order chi connectivity index (χ0) is 22.9. The summed E-state index contributed by atoms with van der Waals surface area (Å²) in [7, 11) is 0. The van der Waals surface area contributed by atoms with Crippen molar-refractivity contribution in [3.05, 3.63) is 41.7 Å². The number of benzene rings is 1. The van der Waals surface area contributed by atoms with Gasteiger partial charge in [0.25, 0.3) is 5.91 Å². The first-order valence-electron chi connectivity index (χ1n) is 10.9. The molecule has 2 aliphatic rings. The van der Waals surface area contributed by atoms with Crippen molar-refractivity contribution in [3.8, 4) is 11.8 Å². The minimum atomic E-state index is -0.564. The van der Waals surface area contributed by atoms with Crippen molar-refractivity contribution in [2.75, 3.05) is 23.3 Å². The second kappa shape index (κ2) is 8.41. The number of rotatable bonds is 8. The molecule has 3 N–H and O–H groups in total. The van der Waals surface area contributed by atoms with Gasteiger partial charge in [0.2, 0.25) is 5.95 Å². The van der Waals surface area contributed by atoms with Gasteiger partial charge in [-0.25, -0.2) is 4.79 Å². The SMILES string of the molecule is CCN(CC)c1cccc(Oc2nc(NC3CC3)n3ncc(/C=C4\NC(=O)NC4=O)c3n2)c1. The van der Waals surface area contributed by atoms with Crippen LogP contribution in [0.2, 0.25) is 0 Å². The van der Waals surface area contributed by atoms with Crippen LogP contribution >= 0.6 is 0 Å². The van der Waals surface area contributed by atoms with E-state index in [1.54, 1.807) is 10.7 Å². The summed E-state index contributed by atoms with van der Waals surface area (Å²) in [5.74, 6) is 0.611. The van der Waals surface area contributed by atoms with Gasteiger partial charge in [0.05, 0.1) is 6.20 Å². The number of carbonyl (C=O) groups excluding carboxylic acids is 2. The first-order chi connectivity index (χ1) is 16.0. The topological polar surface area (TPSA) is 126 Å². The minimum Gasteiger partial charge on any atom is -0.424 e. The molecular weight excluding hydrogens is 424 g/mol. The van der Waals surface area contributed by atoms with Gasteiger partial charge in [-0.1, -0.05) is 6.07 Å². The fourth-order valence-corrected chi connectivity index (χ4v) is 3.60. The van der Waals surface area contributed by atoms with Gasteiger partial charge in [-0.05, 0) is 44.9 Å². The summed E-state index contributed by atoms with van der Waals surface area (Å²) in [6, 6.07) is 7.69. The molecule has 1 aromatic carbocycles. The maximum Gasteiger partial charge on any atom is 0.327 e. The van der Waals surface area contributed by atoms with Crippen LogP contribution in [0.15, 0.2) is 36.2 Å². The second-order valence-electron chi connectivity index (χ2n) is 7.82. The van der Waals surface area contributed by atoms with Gasteiger partial charge in [-0.3, -0.25) is 10.1 Å². The molecule has 1 saturated carbocycles. The lowest BCUT2D eigenvalue weighted by molar-refractivity contribution is -0.115. The quantitative estimate of drug-likeness (QED) is 0.355. The number of hydrogen-bond donors (Lipinski definition) is 3. The molecule has 3 amide bonds. The number of imide groups is 1. The molecule has 0 atom stereocenters. The summed E-state index contributed by atoms with van der Waals surface area (Å²) in [6.45, 7) is 5.98. The average Bonchev–Trinajstić information content (AvgIpc) is 3.43. The summed E-state index contributed by atoms with van der Waals surface area (Å²) in [4.78, 5) is 34.7. The zero-order valence-electron chi connectivity index (χ0n) is 18.3. The number of nitrogens with one attached hydrogen (secondary N) is 3. The third-order valence-electron chi connectivity index (χ3n) is 5.46. The number of fused-ring (bicyclic) bond motifs is 1. The molecule has 2 fully saturated rings. The Labute approximate surface area is 189 Å². The molecule has 33 heavy (non-hydrogen) atoms. The number of urea groups is 1. The first-order valence-corrected chi connectivity index (χ1v) is 10.9. The molecule has 0 spiro atoms. The van der Waals surface area contributed by atoms with E-state index in [2.05, 4.69) is 49.8 Å². The lowest BCUT2D eigenvalue weighted by Crippen LogP contribution is -2.22. The number of ether oxygens (including phenoxy) is 1. The van der Waals surface area contributed by atoms with Crippen LogP contribution in [0.4, 0.5) is 16.4 Å². The van der Waals surface area contributed by atoms with Gasteiger partial charge < -0.3 is 20.3 Å². The Morgan fingerprint density at radius 2 is 2.03 bits per heavy atom. The predicted molar refractivity (Wildman–Crippen MR) is 122 cm³/mol.